The number of hydrogen-bond donors (Lipinski definition) is 2. The standard InChI is InChI=1S/C23H27N3O3/c1-17-7-8-21-24-19(11-22(29)26(21)13-17)14-25-10-9-20(28)23(15-25,16-27)12-18-5-3-2-4-6-18/h2-8,11,13,20,27-28H,9-10,12,14-16H2,1H3/t20-,23+/m0/s1. The predicted octanol–water partition coefficient (Wildman–Crippen LogP) is 1.79. The molecule has 29 heavy (non-hydrogen) atoms. The van der Waals surface area contributed by atoms with Gasteiger partial charge in [0.15, 0.2) is 0 Å². The van der Waals surface area contributed by atoms with Crippen LogP contribution in [0, 0.1) is 12.3 Å². The molecule has 0 saturated carbocycles. The number of piperidine rings is 1. The Morgan fingerprint density at radius 2 is 2.00 bits per heavy atom. The summed E-state index contributed by atoms with van der Waals surface area (Å²) >= 11 is 0. The summed E-state index contributed by atoms with van der Waals surface area (Å²) in [6.07, 6.45) is 2.42. The summed E-state index contributed by atoms with van der Waals surface area (Å²) in [5.41, 5.74) is 2.73. The van der Waals surface area contributed by atoms with Crippen molar-refractivity contribution >= 4 is 5.65 Å². The molecule has 0 bridgehead atoms. The van der Waals surface area contributed by atoms with E-state index in [1.54, 1.807) is 16.7 Å². The Morgan fingerprint density at radius 3 is 2.76 bits per heavy atom. The zero-order valence-electron chi connectivity index (χ0n) is 16.7. The molecule has 152 valence electrons. The molecule has 1 aliphatic rings. The van der Waals surface area contributed by atoms with Gasteiger partial charge in [-0.05, 0) is 37.0 Å². The lowest BCUT2D eigenvalue weighted by Gasteiger charge is -2.45. The van der Waals surface area contributed by atoms with Gasteiger partial charge in [-0.25, -0.2) is 4.98 Å². The molecular weight excluding hydrogens is 366 g/mol. The van der Waals surface area contributed by atoms with Crippen molar-refractivity contribution in [2.45, 2.75) is 32.4 Å². The second-order valence-corrected chi connectivity index (χ2v) is 8.22. The van der Waals surface area contributed by atoms with E-state index < -0.39 is 11.5 Å². The van der Waals surface area contributed by atoms with Crippen LogP contribution in [-0.4, -0.2) is 50.3 Å². The zero-order valence-corrected chi connectivity index (χ0v) is 16.7. The number of aliphatic hydroxyl groups is 2. The number of nitrogens with zero attached hydrogens (tertiary/aromatic N) is 3. The summed E-state index contributed by atoms with van der Waals surface area (Å²) in [6.45, 7) is 3.62. The van der Waals surface area contributed by atoms with E-state index in [0.29, 0.717) is 43.8 Å². The Labute approximate surface area is 170 Å². The average molecular weight is 393 g/mol. The van der Waals surface area contributed by atoms with Crippen LogP contribution in [0.2, 0.25) is 0 Å². The van der Waals surface area contributed by atoms with Crippen molar-refractivity contribution in [1.82, 2.24) is 14.3 Å². The van der Waals surface area contributed by atoms with Crippen molar-refractivity contribution < 1.29 is 10.2 Å². The highest BCUT2D eigenvalue weighted by Crippen LogP contribution is 2.34. The summed E-state index contributed by atoms with van der Waals surface area (Å²) in [5, 5.41) is 20.9. The third-order valence-electron chi connectivity index (χ3n) is 5.92. The first-order valence-electron chi connectivity index (χ1n) is 10.0. The van der Waals surface area contributed by atoms with Crippen LogP contribution in [0.15, 0.2) is 59.5 Å². The lowest BCUT2D eigenvalue weighted by Crippen LogP contribution is -2.54. The lowest BCUT2D eigenvalue weighted by molar-refractivity contribution is -0.0770. The lowest BCUT2D eigenvalue weighted by atomic mass is 9.73. The molecule has 0 amide bonds. The fraction of sp³-hybridized carbons (Fsp3) is 0.391. The van der Waals surface area contributed by atoms with Crippen LogP contribution in [0.3, 0.4) is 0 Å². The smallest absolute Gasteiger partial charge is 0.258 e. The summed E-state index contributed by atoms with van der Waals surface area (Å²) in [6, 6.07) is 15.3. The van der Waals surface area contributed by atoms with Gasteiger partial charge < -0.3 is 10.2 Å². The first-order chi connectivity index (χ1) is 14.0. The number of rotatable bonds is 5. The minimum Gasteiger partial charge on any atom is -0.396 e. The number of benzene rings is 1. The van der Waals surface area contributed by atoms with E-state index in [1.165, 1.54) is 0 Å². The van der Waals surface area contributed by atoms with E-state index in [4.69, 9.17) is 0 Å². The van der Waals surface area contributed by atoms with Gasteiger partial charge in [-0.15, -0.1) is 0 Å². The Morgan fingerprint density at radius 1 is 1.21 bits per heavy atom. The normalized spacial score (nSPS) is 22.8. The molecule has 6 heteroatoms. The number of aliphatic hydroxyl groups excluding tert-OH is 2. The molecule has 1 aliphatic heterocycles. The topological polar surface area (TPSA) is 78.1 Å². The van der Waals surface area contributed by atoms with Crippen molar-refractivity contribution in [1.29, 1.82) is 0 Å². The second kappa shape index (κ2) is 8.06. The number of fused-ring (bicyclic) bond motifs is 1. The van der Waals surface area contributed by atoms with Crippen molar-refractivity contribution in [3.05, 3.63) is 81.9 Å². The maximum absolute atomic E-state index is 12.5. The molecule has 4 rings (SSSR count). The number of aryl methyl sites for hydroxylation is 1. The van der Waals surface area contributed by atoms with Gasteiger partial charge in [0.25, 0.3) is 5.56 Å². The molecule has 0 spiro atoms. The third-order valence-corrected chi connectivity index (χ3v) is 5.92. The fourth-order valence-electron chi connectivity index (χ4n) is 4.33. The highest BCUT2D eigenvalue weighted by Gasteiger charge is 2.42. The van der Waals surface area contributed by atoms with Crippen LogP contribution in [-0.2, 0) is 13.0 Å². The average Bonchev–Trinajstić information content (AvgIpc) is 2.72. The van der Waals surface area contributed by atoms with Crippen molar-refractivity contribution in [3.63, 3.8) is 0 Å². The fourth-order valence-corrected chi connectivity index (χ4v) is 4.33. The molecule has 0 aliphatic carbocycles. The quantitative estimate of drug-likeness (QED) is 0.691. The molecule has 2 atom stereocenters. The van der Waals surface area contributed by atoms with E-state index in [9.17, 15) is 15.0 Å². The van der Waals surface area contributed by atoms with Gasteiger partial charge in [0, 0.05) is 37.3 Å². The van der Waals surface area contributed by atoms with Gasteiger partial charge in [-0.2, -0.15) is 0 Å². The highest BCUT2D eigenvalue weighted by molar-refractivity contribution is 5.40. The third kappa shape index (κ3) is 4.10. The van der Waals surface area contributed by atoms with E-state index >= 15 is 0 Å². The van der Waals surface area contributed by atoms with E-state index in [0.717, 1.165) is 11.1 Å². The van der Waals surface area contributed by atoms with Crippen LogP contribution in [0.1, 0.15) is 23.2 Å². The molecule has 1 aromatic carbocycles. The van der Waals surface area contributed by atoms with Crippen LogP contribution in [0.5, 0.6) is 0 Å². The monoisotopic (exact) mass is 393 g/mol. The minimum absolute atomic E-state index is 0.0906. The number of aromatic nitrogens is 2. The Bertz CT molecular complexity index is 1050. The molecule has 0 radical (unpaired) electrons. The van der Waals surface area contributed by atoms with Gasteiger partial charge in [-0.3, -0.25) is 14.1 Å². The van der Waals surface area contributed by atoms with Gasteiger partial charge in [0.2, 0.25) is 0 Å². The molecule has 1 saturated heterocycles. The Hall–Kier alpha value is -2.54. The predicted molar refractivity (Wildman–Crippen MR) is 112 cm³/mol. The zero-order chi connectivity index (χ0) is 20.4. The largest absolute Gasteiger partial charge is 0.396 e. The first kappa shape index (κ1) is 19.8. The Kier molecular flexibility index (Phi) is 5.50. The van der Waals surface area contributed by atoms with Crippen molar-refractivity contribution in [2.24, 2.45) is 5.41 Å². The van der Waals surface area contributed by atoms with Crippen molar-refractivity contribution in [2.75, 3.05) is 19.7 Å². The summed E-state index contributed by atoms with van der Waals surface area (Å²) in [5.74, 6) is 0. The van der Waals surface area contributed by atoms with Crippen LogP contribution < -0.4 is 5.56 Å². The van der Waals surface area contributed by atoms with Gasteiger partial charge >= 0.3 is 0 Å². The Balaban J connectivity index is 1.57. The van der Waals surface area contributed by atoms with Crippen molar-refractivity contribution in [3.8, 4) is 0 Å². The summed E-state index contributed by atoms with van der Waals surface area (Å²) < 4.78 is 1.56. The summed E-state index contributed by atoms with van der Waals surface area (Å²) in [7, 11) is 0. The second-order valence-electron chi connectivity index (χ2n) is 8.22. The van der Waals surface area contributed by atoms with Gasteiger partial charge in [0.05, 0.1) is 18.4 Å². The maximum Gasteiger partial charge on any atom is 0.258 e. The van der Waals surface area contributed by atoms with E-state index in [2.05, 4.69) is 9.88 Å². The molecule has 6 nitrogen and oxygen atoms in total. The number of hydrogen-bond acceptors (Lipinski definition) is 5. The van der Waals surface area contributed by atoms with Crippen LogP contribution in [0.25, 0.3) is 5.65 Å². The van der Waals surface area contributed by atoms with Gasteiger partial charge in [-0.1, -0.05) is 36.4 Å². The van der Waals surface area contributed by atoms with Crippen LogP contribution >= 0.6 is 0 Å². The SMILES string of the molecule is Cc1ccc2nc(CN3CC[C@H](O)[C@](CO)(Cc4ccccc4)C3)cc(=O)n2c1. The molecular formula is C23H27N3O3. The number of pyridine rings is 1. The molecule has 3 aromatic rings. The molecule has 2 N–H and O–H groups in total. The number of likely N-dealkylation sites (tertiary alicyclic amines) is 1. The summed E-state index contributed by atoms with van der Waals surface area (Å²) in [4.78, 5) is 19.3. The molecule has 3 heterocycles. The highest BCUT2D eigenvalue weighted by atomic mass is 16.3. The van der Waals surface area contributed by atoms with Crippen LogP contribution in [0.4, 0.5) is 0 Å². The molecule has 0 unspecified atom stereocenters. The van der Waals surface area contributed by atoms with Gasteiger partial charge in [0.1, 0.15) is 5.65 Å². The van der Waals surface area contributed by atoms with E-state index in [1.807, 2.05) is 49.4 Å². The van der Waals surface area contributed by atoms with E-state index in [-0.39, 0.29) is 12.2 Å². The minimum atomic E-state index is -0.622. The maximum atomic E-state index is 12.5. The molecule has 1 fully saturated rings. The first-order valence-corrected chi connectivity index (χ1v) is 10.0. The molecule has 2 aromatic heterocycles.